The van der Waals surface area contributed by atoms with Gasteiger partial charge in [0.15, 0.2) is 0 Å². The van der Waals surface area contributed by atoms with E-state index in [0.29, 0.717) is 17.1 Å². The Morgan fingerprint density at radius 1 is 0.692 bits per heavy atom. The van der Waals surface area contributed by atoms with Crippen molar-refractivity contribution in [1.29, 1.82) is 0 Å². The highest BCUT2D eigenvalue weighted by atomic mass is 32.2. The van der Waals surface area contributed by atoms with E-state index in [0.717, 1.165) is 0 Å². The van der Waals surface area contributed by atoms with Crippen LogP contribution in [0.3, 0.4) is 0 Å². The molecule has 2 aliphatic carbocycles. The number of hydrogen-bond acceptors (Lipinski definition) is 2. The summed E-state index contributed by atoms with van der Waals surface area (Å²) < 4.78 is 0. The molecule has 3 aliphatic rings. The fourth-order valence-corrected chi connectivity index (χ4v) is 9.28. The molecule has 5 aromatic carbocycles. The molecule has 0 spiro atoms. The van der Waals surface area contributed by atoms with Crippen LogP contribution in [0.15, 0.2) is 108 Å². The molecular weight excluding hydrogens is 490 g/mol. The number of fused-ring (bicyclic) bond motifs is 7. The summed E-state index contributed by atoms with van der Waals surface area (Å²) in [6.45, 7) is 4.72. The molecule has 1 saturated carbocycles. The van der Waals surface area contributed by atoms with Crippen molar-refractivity contribution in [3.63, 3.8) is 0 Å². The van der Waals surface area contributed by atoms with Crippen LogP contribution in [0.2, 0.25) is 0 Å². The molecule has 1 aliphatic heterocycles. The molecule has 8 rings (SSSR count). The first-order valence-corrected chi connectivity index (χ1v) is 15.3. The molecular formula is C37H33NS. The first kappa shape index (κ1) is 23.4. The Bertz CT molecular complexity index is 1750. The Morgan fingerprint density at radius 3 is 2.33 bits per heavy atom. The van der Waals surface area contributed by atoms with E-state index in [1.54, 1.807) is 5.56 Å². The zero-order valence-corrected chi connectivity index (χ0v) is 23.4. The summed E-state index contributed by atoms with van der Waals surface area (Å²) >= 11 is 2.12. The van der Waals surface area contributed by atoms with Crippen LogP contribution in [0, 0.1) is 0 Å². The minimum absolute atomic E-state index is 0.00277. The smallest absolute Gasteiger partial charge is 0.0426 e. The van der Waals surface area contributed by atoms with Crippen molar-refractivity contribution in [2.75, 3.05) is 5.32 Å². The molecule has 3 atom stereocenters. The summed E-state index contributed by atoms with van der Waals surface area (Å²) in [6, 6.07) is 38.8. The van der Waals surface area contributed by atoms with Gasteiger partial charge < -0.3 is 5.32 Å². The SMILES string of the molecule is CC1(C)c2ccccc2-c2ccc(Nc3cc4ccccc4cc3C3CCCC4Sc5ccccc5C43)cc21. The van der Waals surface area contributed by atoms with Gasteiger partial charge in [0.1, 0.15) is 0 Å². The van der Waals surface area contributed by atoms with Gasteiger partial charge in [-0.15, -0.1) is 11.8 Å². The average molecular weight is 524 g/mol. The predicted octanol–water partition coefficient (Wildman–Crippen LogP) is 10.4. The van der Waals surface area contributed by atoms with Crippen LogP contribution < -0.4 is 5.32 Å². The lowest BCUT2D eigenvalue weighted by Gasteiger charge is -2.35. The number of anilines is 2. The van der Waals surface area contributed by atoms with Gasteiger partial charge in [-0.2, -0.15) is 0 Å². The molecule has 0 amide bonds. The fraction of sp³-hybridized carbons (Fsp3) is 0.243. The number of nitrogens with one attached hydrogen (secondary N) is 1. The van der Waals surface area contributed by atoms with E-state index in [9.17, 15) is 0 Å². The molecule has 39 heavy (non-hydrogen) atoms. The Morgan fingerprint density at radius 2 is 1.44 bits per heavy atom. The fourth-order valence-electron chi connectivity index (χ4n) is 7.69. The molecule has 2 heteroatoms. The highest BCUT2D eigenvalue weighted by Crippen LogP contribution is 2.58. The van der Waals surface area contributed by atoms with Gasteiger partial charge in [-0.1, -0.05) is 93.1 Å². The summed E-state index contributed by atoms with van der Waals surface area (Å²) in [5, 5.41) is 7.27. The van der Waals surface area contributed by atoms with Crippen molar-refractivity contribution in [2.24, 2.45) is 0 Å². The van der Waals surface area contributed by atoms with E-state index in [1.165, 1.54) is 74.1 Å². The number of thioether (sulfide) groups is 1. The molecule has 0 aromatic heterocycles. The van der Waals surface area contributed by atoms with Crippen LogP contribution in [0.4, 0.5) is 11.4 Å². The van der Waals surface area contributed by atoms with Gasteiger partial charge in [-0.05, 0) is 93.2 Å². The summed E-state index contributed by atoms with van der Waals surface area (Å²) in [4.78, 5) is 1.50. The Balaban J connectivity index is 1.24. The van der Waals surface area contributed by atoms with E-state index in [1.807, 2.05) is 0 Å². The Kier molecular flexibility index (Phi) is 5.26. The molecule has 0 bridgehead atoms. The van der Waals surface area contributed by atoms with Crippen LogP contribution >= 0.6 is 11.8 Å². The van der Waals surface area contributed by atoms with Gasteiger partial charge >= 0.3 is 0 Å². The molecule has 1 heterocycles. The minimum Gasteiger partial charge on any atom is -0.355 e. The van der Waals surface area contributed by atoms with Gasteiger partial charge in [0.2, 0.25) is 0 Å². The first-order chi connectivity index (χ1) is 19.1. The third kappa shape index (κ3) is 3.61. The topological polar surface area (TPSA) is 12.0 Å². The summed E-state index contributed by atoms with van der Waals surface area (Å²) in [5.41, 5.74) is 11.1. The van der Waals surface area contributed by atoms with Crippen LogP contribution in [-0.2, 0) is 5.41 Å². The second-order valence-electron chi connectivity index (χ2n) is 12.1. The van der Waals surface area contributed by atoms with Gasteiger partial charge in [0.05, 0.1) is 0 Å². The van der Waals surface area contributed by atoms with Crippen molar-refractivity contribution in [3.8, 4) is 11.1 Å². The third-order valence-corrected chi connectivity index (χ3v) is 11.0. The van der Waals surface area contributed by atoms with E-state index < -0.39 is 0 Å². The standard InChI is InChI=1S/C37H33NS/c1-37(2)31-15-7-5-12-26(31)27-19-18-25(22-32(27)37)38-33-21-24-11-4-3-10-23(24)20-30(33)28-14-9-17-35-36(28)29-13-6-8-16-34(29)39-35/h3-8,10-13,15-16,18-22,28,35-36,38H,9,14,17H2,1-2H3. The minimum atomic E-state index is -0.00277. The second kappa shape index (κ2) is 8.76. The van der Waals surface area contributed by atoms with Gasteiger partial charge in [0.25, 0.3) is 0 Å². The van der Waals surface area contributed by atoms with Gasteiger partial charge in [-0.3, -0.25) is 0 Å². The molecule has 3 unspecified atom stereocenters. The summed E-state index contributed by atoms with van der Waals surface area (Å²) in [5.74, 6) is 1.09. The lowest BCUT2D eigenvalue weighted by molar-refractivity contribution is 0.402. The summed E-state index contributed by atoms with van der Waals surface area (Å²) in [7, 11) is 0. The van der Waals surface area contributed by atoms with Crippen LogP contribution in [0.5, 0.6) is 0 Å². The maximum absolute atomic E-state index is 3.95. The normalized spacial score (nSPS) is 22.2. The molecule has 1 N–H and O–H groups in total. The third-order valence-electron chi connectivity index (χ3n) is 9.57. The number of rotatable bonds is 3. The van der Waals surface area contributed by atoms with Gasteiger partial charge in [0, 0.05) is 32.9 Å². The van der Waals surface area contributed by atoms with Crippen LogP contribution in [0.1, 0.15) is 67.2 Å². The number of benzene rings is 5. The highest BCUT2D eigenvalue weighted by molar-refractivity contribution is 8.00. The van der Waals surface area contributed by atoms with E-state index >= 15 is 0 Å². The summed E-state index contributed by atoms with van der Waals surface area (Å²) in [6.07, 6.45) is 3.86. The van der Waals surface area contributed by atoms with Crippen molar-refractivity contribution in [2.45, 2.75) is 60.5 Å². The van der Waals surface area contributed by atoms with E-state index in [-0.39, 0.29) is 5.41 Å². The van der Waals surface area contributed by atoms with Crippen LogP contribution in [0.25, 0.3) is 21.9 Å². The molecule has 0 radical (unpaired) electrons. The average Bonchev–Trinajstić information content (AvgIpc) is 3.45. The lowest BCUT2D eigenvalue weighted by atomic mass is 9.71. The van der Waals surface area contributed by atoms with Crippen molar-refractivity contribution < 1.29 is 0 Å². The monoisotopic (exact) mass is 523 g/mol. The van der Waals surface area contributed by atoms with Crippen molar-refractivity contribution >= 4 is 33.9 Å². The molecule has 1 nitrogen and oxygen atoms in total. The van der Waals surface area contributed by atoms with E-state index in [2.05, 4.69) is 134 Å². The molecule has 1 fully saturated rings. The maximum atomic E-state index is 3.95. The highest BCUT2D eigenvalue weighted by Gasteiger charge is 2.42. The van der Waals surface area contributed by atoms with Gasteiger partial charge in [-0.25, -0.2) is 0 Å². The Hall–Kier alpha value is -3.49. The van der Waals surface area contributed by atoms with Crippen LogP contribution in [-0.4, -0.2) is 5.25 Å². The largest absolute Gasteiger partial charge is 0.355 e. The first-order valence-electron chi connectivity index (χ1n) is 14.4. The van der Waals surface area contributed by atoms with Crippen molar-refractivity contribution in [3.05, 3.63) is 125 Å². The number of hydrogen-bond donors (Lipinski definition) is 1. The van der Waals surface area contributed by atoms with E-state index in [4.69, 9.17) is 0 Å². The zero-order chi connectivity index (χ0) is 26.1. The molecule has 5 aromatic rings. The predicted molar refractivity (Wildman–Crippen MR) is 167 cm³/mol. The second-order valence-corrected chi connectivity index (χ2v) is 13.4. The quantitative estimate of drug-likeness (QED) is 0.252. The molecule has 0 saturated heterocycles. The molecule has 192 valence electrons. The Labute approximate surface area is 235 Å². The zero-order valence-electron chi connectivity index (χ0n) is 22.6. The lowest BCUT2D eigenvalue weighted by Crippen LogP contribution is -2.24. The van der Waals surface area contributed by atoms with Crippen molar-refractivity contribution in [1.82, 2.24) is 0 Å². The maximum Gasteiger partial charge on any atom is 0.0426 e.